The zero-order valence-corrected chi connectivity index (χ0v) is 11.4. The lowest BCUT2D eigenvalue weighted by Gasteiger charge is -2.06. The molecule has 0 saturated carbocycles. The first-order valence-electron chi connectivity index (χ1n) is 5.98. The minimum atomic E-state index is -3.29. The van der Waals surface area contributed by atoms with E-state index in [9.17, 15) is 8.42 Å². The standard InChI is InChI=1S/C13H15N3O2S/c1-2-8-19(17,18)16-12-9-14-13(15-10-12)11-6-4-3-5-7-11/h3-7,9-10,16H,2,8H2,1H3. The second-order valence-electron chi connectivity index (χ2n) is 4.08. The van der Waals surface area contributed by atoms with E-state index in [1.54, 1.807) is 0 Å². The van der Waals surface area contributed by atoms with E-state index in [0.717, 1.165) is 5.56 Å². The van der Waals surface area contributed by atoms with Crippen LogP contribution in [-0.4, -0.2) is 24.1 Å². The van der Waals surface area contributed by atoms with E-state index in [2.05, 4.69) is 14.7 Å². The van der Waals surface area contributed by atoms with Gasteiger partial charge in [0.15, 0.2) is 5.82 Å². The van der Waals surface area contributed by atoms with Gasteiger partial charge >= 0.3 is 0 Å². The van der Waals surface area contributed by atoms with E-state index in [0.29, 0.717) is 17.9 Å². The molecule has 1 heterocycles. The first-order chi connectivity index (χ1) is 9.11. The summed E-state index contributed by atoms with van der Waals surface area (Å²) in [5.41, 5.74) is 1.28. The Morgan fingerprint density at radius 1 is 1.11 bits per heavy atom. The van der Waals surface area contributed by atoms with Gasteiger partial charge in [0, 0.05) is 5.56 Å². The van der Waals surface area contributed by atoms with Crippen molar-refractivity contribution in [3.05, 3.63) is 42.7 Å². The number of hydrogen-bond donors (Lipinski definition) is 1. The predicted molar refractivity (Wildman–Crippen MR) is 75.2 cm³/mol. The first-order valence-corrected chi connectivity index (χ1v) is 7.64. The summed E-state index contributed by atoms with van der Waals surface area (Å²) in [4.78, 5) is 8.31. The zero-order chi connectivity index (χ0) is 13.7. The molecule has 0 aliphatic heterocycles. The van der Waals surface area contributed by atoms with Crippen LogP contribution in [0.4, 0.5) is 5.69 Å². The molecule has 0 atom stereocenters. The number of rotatable bonds is 5. The van der Waals surface area contributed by atoms with Gasteiger partial charge in [0.2, 0.25) is 10.0 Å². The van der Waals surface area contributed by atoms with Crippen LogP contribution in [-0.2, 0) is 10.0 Å². The fourth-order valence-electron chi connectivity index (χ4n) is 1.62. The van der Waals surface area contributed by atoms with Gasteiger partial charge in [-0.3, -0.25) is 4.72 Å². The zero-order valence-electron chi connectivity index (χ0n) is 10.6. The summed E-state index contributed by atoms with van der Waals surface area (Å²) in [6, 6.07) is 9.51. The highest BCUT2D eigenvalue weighted by Gasteiger charge is 2.09. The molecule has 0 radical (unpaired) electrons. The number of benzene rings is 1. The Bertz CT molecular complexity index is 625. The van der Waals surface area contributed by atoms with Crippen LogP contribution in [0.3, 0.4) is 0 Å². The van der Waals surface area contributed by atoms with Gasteiger partial charge in [-0.15, -0.1) is 0 Å². The van der Waals surface area contributed by atoms with Crippen LogP contribution >= 0.6 is 0 Å². The van der Waals surface area contributed by atoms with Crippen molar-refractivity contribution in [2.45, 2.75) is 13.3 Å². The average Bonchev–Trinajstić information content (AvgIpc) is 2.40. The summed E-state index contributed by atoms with van der Waals surface area (Å²) < 4.78 is 25.6. The van der Waals surface area contributed by atoms with E-state index in [-0.39, 0.29) is 5.75 Å². The SMILES string of the molecule is CCCS(=O)(=O)Nc1cnc(-c2ccccc2)nc1. The molecular weight excluding hydrogens is 262 g/mol. The van der Waals surface area contributed by atoms with Crippen LogP contribution in [0.25, 0.3) is 11.4 Å². The van der Waals surface area contributed by atoms with Gasteiger partial charge in [-0.25, -0.2) is 18.4 Å². The minimum Gasteiger partial charge on any atom is -0.280 e. The monoisotopic (exact) mass is 277 g/mol. The molecule has 0 spiro atoms. The summed E-state index contributed by atoms with van der Waals surface area (Å²) in [6.45, 7) is 1.81. The van der Waals surface area contributed by atoms with Gasteiger partial charge in [-0.1, -0.05) is 37.3 Å². The molecule has 1 N–H and O–H groups in total. The van der Waals surface area contributed by atoms with Gasteiger partial charge in [0.05, 0.1) is 23.8 Å². The molecular formula is C13H15N3O2S. The fraction of sp³-hybridized carbons (Fsp3) is 0.231. The summed E-state index contributed by atoms with van der Waals surface area (Å²) in [6.07, 6.45) is 3.52. The maximum absolute atomic E-state index is 11.6. The second-order valence-corrected chi connectivity index (χ2v) is 5.92. The lowest BCUT2D eigenvalue weighted by molar-refractivity contribution is 0.600. The Morgan fingerprint density at radius 3 is 2.32 bits per heavy atom. The molecule has 1 aromatic carbocycles. The van der Waals surface area contributed by atoms with Gasteiger partial charge < -0.3 is 0 Å². The number of hydrogen-bond acceptors (Lipinski definition) is 4. The number of sulfonamides is 1. The largest absolute Gasteiger partial charge is 0.280 e. The van der Waals surface area contributed by atoms with Gasteiger partial charge in [-0.05, 0) is 6.42 Å². The molecule has 19 heavy (non-hydrogen) atoms. The maximum Gasteiger partial charge on any atom is 0.232 e. The molecule has 5 nitrogen and oxygen atoms in total. The highest BCUT2D eigenvalue weighted by Crippen LogP contribution is 2.15. The van der Waals surface area contributed by atoms with Crippen molar-refractivity contribution in [2.24, 2.45) is 0 Å². The predicted octanol–water partition coefficient (Wildman–Crippen LogP) is 2.30. The Balaban J connectivity index is 2.16. The van der Waals surface area contributed by atoms with Gasteiger partial charge in [-0.2, -0.15) is 0 Å². The third-order valence-corrected chi connectivity index (χ3v) is 3.92. The fourth-order valence-corrected chi connectivity index (χ4v) is 2.72. The minimum absolute atomic E-state index is 0.0907. The quantitative estimate of drug-likeness (QED) is 0.910. The summed E-state index contributed by atoms with van der Waals surface area (Å²) >= 11 is 0. The van der Waals surface area contributed by atoms with Crippen molar-refractivity contribution in [3.8, 4) is 11.4 Å². The van der Waals surface area contributed by atoms with Crippen LogP contribution in [0.5, 0.6) is 0 Å². The van der Waals surface area contributed by atoms with Crippen molar-refractivity contribution in [1.29, 1.82) is 0 Å². The van der Waals surface area contributed by atoms with Crippen molar-refractivity contribution in [3.63, 3.8) is 0 Å². The molecule has 0 saturated heterocycles. The average molecular weight is 277 g/mol. The molecule has 0 aliphatic rings. The normalized spacial score (nSPS) is 11.2. The van der Waals surface area contributed by atoms with E-state index in [4.69, 9.17) is 0 Å². The van der Waals surface area contributed by atoms with Gasteiger partial charge in [0.1, 0.15) is 0 Å². The topological polar surface area (TPSA) is 72.0 Å². The molecule has 0 aliphatic carbocycles. The highest BCUT2D eigenvalue weighted by molar-refractivity contribution is 7.92. The van der Waals surface area contributed by atoms with Crippen LogP contribution in [0.1, 0.15) is 13.3 Å². The van der Waals surface area contributed by atoms with Crippen LogP contribution in [0.15, 0.2) is 42.7 Å². The van der Waals surface area contributed by atoms with E-state index in [1.807, 2.05) is 37.3 Å². The van der Waals surface area contributed by atoms with Crippen LogP contribution in [0, 0.1) is 0 Å². The Hall–Kier alpha value is -1.95. The number of anilines is 1. The van der Waals surface area contributed by atoms with E-state index < -0.39 is 10.0 Å². The van der Waals surface area contributed by atoms with Crippen LogP contribution in [0.2, 0.25) is 0 Å². The smallest absolute Gasteiger partial charge is 0.232 e. The van der Waals surface area contributed by atoms with Crippen molar-refractivity contribution >= 4 is 15.7 Å². The molecule has 2 rings (SSSR count). The van der Waals surface area contributed by atoms with E-state index in [1.165, 1.54) is 12.4 Å². The van der Waals surface area contributed by atoms with Crippen molar-refractivity contribution < 1.29 is 8.42 Å². The Morgan fingerprint density at radius 2 is 1.74 bits per heavy atom. The molecule has 0 bridgehead atoms. The Labute approximate surface area is 112 Å². The molecule has 0 fully saturated rings. The second kappa shape index (κ2) is 5.79. The highest BCUT2D eigenvalue weighted by atomic mass is 32.2. The molecule has 2 aromatic rings. The number of aromatic nitrogens is 2. The first kappa shape index (κ1) is 13.5. The number of nitrogens with zero attached hydrogens (tertiary/aromatic N) is 2. The molecule has 100 valence electrons. The molecule has 0 unspecified atom stereocenters. The summed E-state index contributed by atoms with van der Waals surface area (Å²) in [7, 11) is -3.29. The van der Waals surface area contributed by atoms with Crippen LogP contribution < -0.4 is 4.72 Å². The summed E-state index contributed by atoms with van der Waals surface area (Å²) in [5.74, 6) is 0.659. The molecule has 6 heteroatoms. The Kier molecular flexibility index (Phi) is 4.11. The van der Waals surface area contributed by atoms with Crippen molar-refractivity contribution in [1.82, 2.24) is 9.97 Å². The molecule has 1 aromatic heterocycles. The summed E-state index contributed by atoms with van der Waals surface area (Å²) in [5, 5.41) is 0. The molecule has 0 amide bonds. The van der Waals surface area contributed by atoms with Crippen molar-refractivity contribution in [2.75, 3.05) is 10.5 Å². The van der Waals surface area contributed by atoms with Gasteiger partial charge in [0.25, 0.3) is 0 Å². The van der Waals surface area contributed by atoms with E-state index >= 15 is 0 Å². The lowest BCUT2D eigenvalue weighted by Crippen LogP contribution is -2.16. The third-order valence-electron chi connectivity index (χ3n) is 2.43. The lowest BCUT2D eigenvalue weighted by atomic mass is 10.2. The maximum atomic E-state index is 11.6. The number of nitrogens with one attached hydrogen (secondary N) is 1. The third kappa shape index (κ3) is 3.75.